The van der Waals surface area contributed by atoms with Gasteiger partial charge < -0.3 is 15.0 Å². The van der Waals surface area contributed by atoms with Gasteiger partial charge in [0.1, 0.15) is 0 Å². The summed E-state index contributed by atoms with van der Waals surface area (Å²) >= 11 is 0. The van der Waals surface area contributed by atoms with Crippen LogP contribution in [0.5, 0.6) is 0 Å². The number of ether oxygens (including phenoxy) is 1. The fourth-order valence-electron chi connectivity index (χ4n) is 1.31. The van der Waals surface area contributed by atoms with E-state index in [1.54, 1.807) is 26.1 Å². The van der Waals surface area contributed by atoms with Crippen LogP contribution in [0.2, 0.25) is 0 Å². The first-order valence-electron chi connectivity index (χ1n) is 5.79. The van der Waals surface area contributed by atoms with Gasteiger partial charge in [-0.2, -0.15) is 0 Å². The SMILES string of the molecule is COCCC(C)(C)CNCCC(=O)N(C)C. The first-order valence-corrected chi connectivity index (χ1v) is 5.79. The van der Waals surface area contributed by atoms with E-state index in [1.807, 2.05) is 0 Å². The van der Waals surface area contributed by atoms with E-state index in [0.717, 1.165) is 26.1 Å². The molecule has 0 aromatic rings. The Balaban J connectivity index is 3.61. The normalized spacial score (nSPS) is 11.6. The topological polar surface area (TPSA) is 41.6 Å². The molecule has 0 aliphatic rings. The summed E-state index contributed by atoms with van der Waals surface area (Å²) in [5.74, 6) is 0.169. The summed E-state index contributed by atoms with van der Waals surface area (Å²) in [7, 11) is 5.29. The lowest BCUT2D eigenvalue weighted by Gasteiger charge is -2.24. The van der Waals surface area contributed by atoms with E-state index in [2.05, 4.69) is 19.2 Å². The third kappa shape index (κ3) is 7.65. The van der Waals surface area contributed by atoms with Gasteiger partial charge in [-0.25, -0.2) is 0 Å². The van der Waals surface area contributed by atoms with Gasteiger partial charge in [-0.05, 0) is 11.8 Å². The van der Waals surface area contributed by atoms with Crippen molar-refractivity contribution in [3.05, 3.63) is 0 Å². The van der Waals surface area contributed by atoms with Crippen LogP contribution in [0.25, 0.3) is 0 Å². The lowest BCUT2D eigenvalue weighted by atomic mass is 9.90. The molecule has 0 heterocycles. The molecule has 0 aliphatic heterocycles. The fraction of sp³-hybridized carbons (Fsp3) is 0.917. The number of hydrogen-bond acceptors (Lipinski definition) is 3. The monoisotopic (exact) mass is 230 g/mol. The maximum absolute atomic E-state index is 11.3. The molecule has 16 heavy (non-hydrogen) atoms. The molecule has 0 spiro atoms. The zero-order valence-electron chi connectivity index (χ0n) is 11.3. The van der Waals surface area contributed by atoms with Crippen LogP contribution in [-0.4, -0.2) is 51.7 Å². The zero-order valence-corrected chi connectivity index (χ0v) is 11.3. The van der Waals surface area contributed by atoms with Crippen LogP contribution in [0.3, 0.4) is 0 Å². The highest BCUT2D eigenvalue weighted by molar-refractivity contribution is 5.75. The van der Waals surface area contributed by atoms with Crippen molar-refractivity contribution in [3.63, 3.8) is 0 Å². The molecule has 1 amide bonds. The zero-order chi connectivity index (χ0) is 12.6. The smallest absolute Gasteiger partial charge is 0.223 e. The minimum Gasteiger partial charge on any atom is -0.385 e. The van der Waals surface area contributed by atoms with Crippen molar-refractivity contribution in [2.75, 3.05) is 40.9 Å². The second-order valence-corrected chi connectivity index (χ2v) is 5.12. The number of methoxy groups -OCH3 is 1. The lowest BCUT2D eigenvalue weighted by Crippen LogP contribution is -2.33. The number of hydrogen-bond donors (Lipinski definition) is 1. The number of carbonyl (C=O) groups excluding carboxylic acids is 1. The van der Waals surface area contributed by atoms with E-state index >= 15 is 0 Å². The highest BCUT2D eigenvalue weighted by Gasteiger charge is 2.16. The van der Waals surface area contributed by atoms with Crippen LogP contribution in [0, 0.1) is 5.41 Å². The Hall–Kier alpha value is -0.610. The van der Waals surface area contributed by atoms with Crippen molar-refractivity contribution < 1.29 is 9.53 Å². The summed E-state index contributed by atoms with van der Waals surface area (Å²) in [5.41, 5.74) is 0.219. The molecule has 0 aromatic heterocycles. The van der Waals surface area contributed by atoms with Gasteiger partial charge in [0.15, 0.2) is 0 Å². The number of rotatable bonds is 8. The Kier molecular flexibility index (Phi) is 7.34. The Morgan fingerprint density at radius 3 is 2.50 bits per heavy atom. The molecule has 1 N–H and O–H groups in total. The first kappa shape index (κ1) is 15.4. The molecule has 4 heteroatoms. The molecule has 0 rings (SSSR count). The Bertz CT molecular complexity index is 203. The Labute approximate surface area is 99.3 Å². The Morgan fingerprint density at radius 1 is 1.38 bits per heavy atom. The summed E-state index contributed by atoms with van der Waals surface area (Å²) in [6, 6.07) is 0. The molecule has 0 bridgehead atoms. The van der Waals surface area contributed by atoms with Crippen molar-refractivity contribution >= 4 is 5.91 Å². The van der Waals surface area contributed by atoms with Crippen LogP contribution in [0.1, 0.15) is 26.7 Å². The summed E-state index contributed by atoms with van der Waals surface area (Å²) in [6.45, 7) is 6.84. The fourth-order valence-corrected chi connectivity index (χ4v) is 1.31. The van der Waals surface area contributed by atoms with E-state index in [-0.39, 0.29) is 11.3 Å². The van der Waals surface area contributed by atoms with E-state index in [0.29, 0.717) is 6.42 Å². The standard InChI is InChI=1S/C12H26N2O2/c1-12(2,7-9-16-5)10-13-8-6-11(15)14(3)4/h13H,6-10H2,1-5H3. The van der Waals surface area contributed by atoms with E-state index < -0.39 is 0 Å². The van der Waals surface area contributed by atoms with Gasteiger partial charge in [-0.3, -0.25) is 4.79 Å². The van der Waals surface area contributed by atoms with Gasteiger partial charge in [0.2, 0.25) is 5.91 Å². The van der Waals surface area contributed by atoms with Crippen LogP contribution < -0.4 is 5.32 Å². The second-order valence-electron chi connectivity index (χ2n) is 5.12. The average Bonchev–Trinajstić information content (AvgIpc) is 2.21. The minimum absolute atomic E-state index is 0.169. The van der Waals surface area contributed by atoms with Crippen molar-refractivity contribution in [2.45, 2.75) is 26.7 Å². The predicted octanol–water partition coefficient (Wildman–Crippen LogP) is 1.12. The number of amides is 1. The van der Waals surface area contributed by atoms with Gasteiger partial charge >= 0.3 is 0 Å². The van der Waals surface area contributed by atoms with Gasteiger partial charge in [-0.15, -0.1) is 0 Å². The third-order valence-corrected chi connectivity index (χ3v) is 2.60. The maximum atomic E-state index is 11.3. The van der Waals surface area contributed by atoms with Gasteiger partial charge in [0.05, 0.1) is 0 Å². The summed E-state index contributed by atoms with van der Waals surface area (Å²) < 4.78 is 5.07. The summed E-state index contributed by atoms with van der Waals surface area (Å²) in [6.07, 6.45) is 1.59. The molecule has 0 saturated carbocycles. The number of nitrogens with one attached hydrogen (secondary N) is 1. The quantitative estimate of drug-likeness (QED) is 0.635. The molecule has 0 fully saturated rings. The molecule has 96 valence electrons. The molecule has 0 radical (unpaired) electrons. The third-order valence-electron chi connectivity index (χ3n) is 2.60. The van der Waals surface area contributed by atoms with E-state index in [9.17, 15) is 4.79 Å². The predicted molar refractivity (Wildman–Crippen MR) is 66.5 cm³/mol. The van der Waals surface area contributed by atoms with Crippen molar-refractivity contribution in [1.29, 1.82) is 0 Å². The highest BCUT2D eigenvalue weighted by Crippen LogP contribution is 2.18. The van der Waals surface area contributed by atoms with Crippen molar-refractivity contribution in [3.8, 4) is 0 Å². The average molecular weight is 230 g/mol. The van der Waals surface area contributed by atoms with Crippen LogP contribution >= 0.6 is 0 Å². The minimum atomic E-state index is 0.169. The number of nitrogens with zero attached hydrogens (tertiary/aromatic N) is 1. The molecular weight excluding hydrogens is 204 g/mol. The molecule has 4 nitrogen and oxygen atoms in total. The highest BCUT2D eigenvalue weighted by atomic mass is 16.5. The largest absolute Gasteiger partial charge is 0.385 e. The van der Waals surface area contributed by atoms with E-state index in [4.69, 9.17) is 4.74 Å². The Morgan fingerprint density at radius 2 is 2.00 bits per heavy atom. The first-order chi connectivity index (χ1) is 7.39. The van der Waals surface area contributed by atoms with Crippen molar-refractivity contribution in [2.24, 2.45) is 5.41 Å². The molecule has 0 atom stereocenters. The maximum Gasteiger partial charge on any atom is 0.223 e. The molecule has 0 aromatic carbocycles. The van der Waals surface area contributed by atoms with Gasteiger partial charge in [-0.1, -0.05) is 13.8 Å². The van der Waals surface area contributed by atoms with E-state index in [1.165, 1.54) is 0 Å². The molecule has 0 saturated heterocycles. The lowest BCUT2D eigenvalue weighted by molar-refractivity contribution is -0.128. The van der Waals surface area contributed by atoms with Crippen LogP contribution in [0.4, 0.5) is 0 Å². The van der Waals surface area contributed by atoms with Crippen LogP contribution in [0.15, 0.2) is 0 Å². The summed E-state index contributed by atoms with van der Waals surface area (Å²) in [5, 5.41) is 3.32. The molecule has 0 aliphatic carbocycles. The van der Waals surface area contributed by atoms with Crippen molar-refractivity contribution in [1.82, 2.24) is 10.2 Å². The summed E-state index contributed by atoms with van der Waals surface area (Å²) in [4.78, 5) is 12.9. The second kappa shape index (κ2) is 7.63. The van der Waals surface area contributed by atoms with Crippen LogP contribution in [-0.2, 0) is 9.53 Å². The molecule has 0 unspecified atom stereocenters. The molecular formula is C12H26N2O2. The van der Waals surface area contributed by atoms with Gasteiger partial charge in [0, 0.05) is 47.3 Å². The van der Waals surface area contributed by atoms with Gasteiger partial charge in [0.25, 0.3) is 0 Å². The number of carbonyl (C=O) groups is 1.